The molecule has 12 nitrogen and oxygen atoms in total. The highest BCUT2D eigenvalue weighted by atomic mass is 19.3. The lowest BCUT2D eigenvalue weighted by Crippen LogP contribution is -2.48. The van der Waals surface area contributed by atoms with Crippen LogP contribution in [0.1, 0.15) is 55.0 Å². The monoisotopic (exact) mass is 537 g/mol. The van der Waals surface area contributed by atoms with Crippen molar-refractivity contribution < 1.29 is 41.8 Å². The number of hydrogen-bond acceptors (Lipinski definition) is 8. The first-order chi connectivity index (χ1) is 18.1. The average molecular weight is 538 g/mol. The van der Waals surface area contributed by atoms with Crippen LogP contribution in [-0.2, 0) is 4.74 Å². The molecule has 206 valence electrons. The SMILES string of the molecule is CC(OC(N)=O)c1oc(-c2ccc(OC(F)F)c(OCC3CC3)c2)nc1C(=O)NC1CCN(C(N)=O)CC1. The highest BCUT2D eigenvalue weighted by Gasteiger charge is 2.30. The standard InChI is InChI=1S/C24H29F2N5O7/c1-12(36-24(28)34)19-18(20(32)29-15-6-8-31(9-7-15)23(27)33)30-21(38-19)14-4-5-16(37-22(25)26)17(10-14)35-11-13-2-3-13/h4-5,10,12-13,15,22H,2-3,6-9,11H2,1H3,(H2,27,33)(H2,28,34)(H,29,32). The number of piperidine rings is 1. The molecular weight excluding hydrogens is 508 g/mol. The number of ether oxygens (including phenoxy) is 3. The molecule has 1 saturated carbocycles. The summed E-state index contributed by atoms with van der Waals surface area (Å²) in [5.74, 6) is -0.406. The quantitative estimate of drug-likeness (QED) is 0.415. The number of carbonyl (C=O) groups is 3. The number of oxazole rings is 1. The van der Waals surface area contributed by atoms with Gasteiger partial charge in [0.25, 0.3) is 5.91 Å². The highest BCUT2D eigenvalue weighted by molar-refractivity contribution is 5.94. The van der Waals surface area contributed by atoms with E-state index < -0.39 is 30.7 Å². The predicted molar refractivity (Wildman–Crippen MR) is 128 cm³/mol. The van der Waals surface area contributed by atoms with Gasteiger partial charge in [-0.05, 0) is 56.7 Å². The van der Waals surface area contributed by atoms with E-state index in [-0.39, 0.29) is 34.9 Å². The number of nitrogens with one attached hydrogen (secondary N) is 1. The van der Waals surface area contributed by atoms with Crippen molar-refractivity contribution in [2.75, 3.05) is 19.7 Å². The molecule has 14 heteroatoms. The first kappa shape index (κ1) is 26.9. The molecule has 1 aromatic carbocycles. The van der Waals surface area contributed by atoms with Crippen molar-refractivity contribution in [2.24, 2.45) is 17.4 Å². The van der Waals surface area contributed by atoms with Gasteiger partial charge in [0.1, 0.15) is 0 Å². The van der Waals surface area contributed by atoms with Crippen LogP contribution in [0.2, 0.25) is 0 Å². The molecule has 0 spiro atoms. The van der Waals surface area contributed by atoms with Crippen LogP contribution in [0, 0.1) is 5.92 Å². The number of nitrogens with zero attached hydrogens (tertiary/aromatic N) is 2. The summed E-state index contributed by atoms with van der Waals surface area (Å²) in [7, 11) is 0. The number of hydrogen-bond donors (Lipinski definition) is 3. The Hall–Kier alpha value is -4.10. The summed E-state index contributed by atoms with van der Waals surface area (Å²) in [4.78, 5) is 41.7. The van der Waals surface area contributed by atoms with Gasteiger partial charge in [-0.1, -0.05) is 0 Å². The van der Waals surface area contributed by atoms with Crippen molar-refractivity contribution in [2.45, 2.75) is 51.4 Å². The molecule has 0 bridgehead atoms. The molecule has 2 aliphatic rings. The maximum atomic E-state index is 13.2. The lowest BCUT2D eigenvalue weighted by molar-refractivity contribution is -0.0515. The van der Waals surface area contributed by atoms with Crippen LogP contribution in [0.5, 0.6) is 11.5 Å². The predicted octanol–water partition coefficient (Wildman–Crippen LogP) is 3.16. The summed E-state index contributed by atoms with van der Waals surface area (Å²) in [5, 5.41) is 2.85. The molecule has 5 N–H and O–H groups in total. The summed E-state index contributed by atoms with van der Waals surface area (Å²) in [6, 6.07) is 3.37. The van der Waals surface area contributed by atoms with Crippen LogP contribution in [0.3, 0.4) is 0 Å². The van der Waals surface area contributed by atoms with E-state index in [1.54, 1.807) is 0 Å². The van der Waals surface area contributed by atoms with Crippen molar-refractivity contribution >= 4 is 18.0 Å². The van der Waals surface area contributed by atoms with Crippen molar-refractivity contribution in [1.29, 1.82) is 0 Å². The summed E-state index contributed by atoms with van der Waals surface area (Å²) in [6.45, 7) is -0.481. The Morgan fingerprint density at radius 3 is 2.47 bits per heavy atom. The molecule has 1 aliphatic carbocycles. The number of rotatable bonds is 10. The van der Waals surface area contributed by atoms with Crippen LogP contribution in [0.25, 0.3) is 11.5 Å². The van der Waals surface area contributed by atoms with Crippen molar-refractivity contribution in [3.63, 3.8) is 0 Å². The lowest BCUT2D eigenvalue weighted by atomic mass is 10.0. The Balaban J connectivity index is 1.59. The second kappa shape index (κ2) is 11.5. The summed E-state index contributed by atoms with van der Waals surface area (Å²) in [5.41, 5.74) is 10.6. The van der Waals surface area contributed by atoms with Gasteiger partial charge in [-0.2, -0.15) is 8.78 Å². The highest BCUT2D eigenvalue weighted by Crippen LogP contribution is 2.37. The van der Waals surface area contributed by atoms with E-state index in [4.69, 9.17) is 25.4 Å². The van der Waals surface area contributed by atoms with Gasteiger partial charge in [-0.15, -0.1) is 0 Å². The summed E-state index contributed by atoms with van der Waals surface area (Å²) >= 11 is 0. The number of likely N-dealkylation sites (tertiary alicyclic amines) is 1. The van der Waals surface area contributed by atoms with E-state index in [0.717, 1.165) is 12.8 Å². The largest absolute Gasteiger partial charge is 0.489 e. The van der Waals surface area contributed by atoms with Crippen LogP contribution in [0.4, 0.5) is 18.4 Å². The fraction of sp³-hybridized carbons (Fsp3) is 0.500. The smallest absolute Gasteiger partial charge is 0.405 e. The van der Waals surface area contributed by atoms with E-state index in [1.807, 2.05) is 0 Å². The number of alkyl halides is 2. The third-order valence-electron chi connectivity index (χ3n) is 6.25. The van der Waals surface area contributed by atoms with Crippen molar-refractivity contribution in [3.8, 4) is 23.0 Å². The van der Waals surface area contributed by atoms with E-state index >= 15 is 0 Å². The van der Waals surface area contributed by atoms with Gasteiger partial charge in [0, 0.05) is 24.7 Å². The Labute approximate surface area is 216 Å². The van der Waals surface area contributed by atoms with Gasteiger partial charge in [-0.25, -0.2) is 14.6 Å². The molecule has 0 radical (unpaired) electrons. The number of primary amides is 2. The maximum absolute atomic E-state index is 13.2. The number of aromatic nitrogens is 1. The number of nitrogens with two attached hydrogens (primary N) is 2. The van der Waals surface area contributed by atoms with Gasteiger partial charge in [0.15, 0.2) is 29.1 Å². The minimum atomic E-state index is -3.05. The fourth-order valence-electron chi connectivity index (χ4n) is 4.06. The minimum absolute atomic E-state index is 0.0338. The van der Waals surface area contributed by atoms with Crippen molar-refractivity contribution in [3.05, 3.63) is 29.7 Å². The van der Waals surface area contributed by atoms with Gasteiger partial charge in [0.05, 0.1) is 6.61 Å². The molecule has 1 unspecified atom stereocenters. The zero-order chi connectivity index (χ0) is 27.4. The Bertz CT molecular complexity index is 1180. The number of halogens is 2. The van der Waals surface area contributed by atoms with Gasteiger partial charge < -0.3 is 40.3 Å². The molecule has 2 fully saturated rings. The third-order valence-corrected chi connectivity index (χ3v) is 6.25. The molecular formula is C24H29F2N5O7. The third kappa shape index (κ3) is 6.81. The molecule has 1 saturated heterocycles. The van der Waals surface area contributed by atoms with Crippen molar-refractivity contribution in [1.82, 2.24) is 15.2 Å². The Morgan fingerprint density at radius 1 is 1.16 bits per heavy atom. The topological polar surface area (TPSA) is 172 Å². The second-order valence-electron chi connectivity index (χ2n) is 9.18. The first-order valence-electron chi connectivity index (χ1n) is 12.1. The van der Waals surface area contributed by atoms with Gasteiger partial charge in [-0.3, -0.25) is 4.79 Å². The number of carbonyl (C=O) groups excluding carboxylic acids is 3. The van der Waals surface area contributed by atoms with E-state index in [0.29, 0.717) is 44.0 Å². The molecule has 38 heavy (non-hydrogen) atoms. The average Bonchev–Trinajstić information content (AvgIpc) is 3.58. The summed E-state index contributed by atoms with van der Waals surface area (Å²) < 4.78 is 46.9. The minimum Gasteiger partial charge on any atom is -0.489 e. The molecule has 1 aliphatic heterocycles. The molecule has 4 amide bonds. The number of amides is 4. The normalized spacial score (nSPS) is 16.7. The Kier molecular flexibility index (Phi) is 8.17. The molecule has 1 aromatic heterocycles. The lowest BCUT2D eigenvalue weighted by Gasteiger charge is -2.31. The van der Waals surface area contributed by atoms with E-state index in [2.05, 4.69) is 15.0 Å². The van der Waals surface area contributed by atoms with Gasteiger partial charge >= 0.3 is 18.7 Å². The first-order valence-corrected chi connectivity index (χ1v) is 12.1. The Morgan fingerprint density at radius 2 is 1.87 bits per heavy atom. The second-order valence-corrected chi connectivity index (χ2v) is 9.18. The van der Waals surface area contributed by atoms with E-state index in [9.17, 15) is 23.2 Å². The van der Waals surface area contributed by atoms with Crippen LogP contribution in [0.15, 0.2) is 22.6 Å². The molecule has 4 rings (SSSR count). The fourth-order valence-corrected chi connectivity index (χ4v) is 4.06. The maximum Gasteiger partial charge on any atom is 0.405 e. The molecule has 1 atom stereocenters. The number of urea groups is 1. The summed E-state index contributed by atoms with van der Waals surface area (Å²) in [6.07, 6.45) is 0.810. The van der Waals surface area contributed by atoms with Crippen LogP contribution < -0.4 is 26.3 Å². The zero-order valence-electron chi connectivity index (χ0n) is 20.7. The van der Waals surface area contributed by atoms with Gasteiger partial charge in [0.2, 0.25) is 5.89 Å². The molecule has 2 aromatic rings. The molecule has 2 heterocycles. The zero-order valence-corrected chi connectivity index (χ0v) is 20.7. The van der Waals surface area contributed by atoms with E-state index in [1.165, 1.54) is 30.0 Å². The number of benzene rings is 1. The van der Waals surface area contributed by atoms with Crippen LogP contribution in [-0.4, -0.2) is 60.3 Å². The van der Waals surface area contributed by atoms with Crippen LogP contribution >= 0.6 is 0 Å².